The molecule has 0 aromatic heterocycles. The van der Waals surface area contributed by atoms with Gasteiger partial charge in [-0.25, -0.2) is 12.8 Å². The maximum absolute atomic E-state index is 13.6. The van der Waals surface area contributed by atoms with Gasteiger partial charge in [0.05, 0.1) is 10.6 Å². The van der Waals surface area contributed by atoms with E-state index in [1.54, 1.807) is 34.6 Å². The van der Waals surface area contributed by atoms with Crippen molar-refractivity contribution in [2.45, 2.75) is 35.5 Å². The Balaban J connectivity index is 1.59. The summed E-state index contributed by atoms with van der Waals surface area (Å²) < 4.78 is 40.7. The standard InChI is InChI=1S/C20H23FN2O3S2/c21-18-7-3-4-8-19(18)27-15-20(24)22-16-9-11-17(12-10-16)28(25,26)23-13-5-1-2-6-14-23/h3-4,7-12H,1-2,5-6,13-15H2,(H,22,24). The molecule has 8 heteroatoms. The first kappa shape index (κ1) is 20.8. The lowest BCUT2D eigenvalue weighted by molar-refractivity contribution is -0.113. The van der Waals surface area contributed by atoms with Crippen molar-refractivity contribution in [2.24, 2.45) is 0 Å². The Bertz CT molecular complexity index is 909. The molecule has 2 aromatic carbocycles. The molecule has 150 valence electrons. The van der Waals surface area contributed by atoms with Crippen molar-refractivity contribution < 1.29 is 17.6 Å². The van der Waals surface area contributed by atoms with E-state index < -0.39 is 10.0 Å². The van der Waals surface area contributed by atoms with Gasteiger partial charge in [-0.2, -0.15) is 4.31 Å². The second-order valence-corrected chi connectivity index (χ2v) is 9.57. The van der Waals surface area contributed by atoms with E-state index in [-0.39, 0.29) is 22.4 Å². The van der Waals surface area contributed by atoms with Crippen molar-refractivity contribution in [2.75, 3.05) is 24.2 Å². The molecule has 0 spiro atoms. The summed E-state index contributed by atoms with van der Waals surface area (Å²) in [6.45, 7) is 1.10. The number of hydrogen-bond donors (Lipinski definition) is 1. The van der Waals surface area contributed by atoms with Crippen molar-refractivity contribution >= 4 is 33.4 Å². The highest BCUT2D eigenvalue weighted by Crippen LogP contribution is 2.23. The minimum Gasteiger partial charge on any atom is -0.325 e. The maximum atomic E-state index is 13.6. The molecule has 3 rings (SSSR count). The van der Waals surface area contributed by atoms with Crippen LogP contribution in [0.1, 0.15) is 25.7 Å². The Morgan fingerprint density at radius 3 is 2.29 bits per heavy atom. The lowest BCUT2D eigenvalue weighted by Gasteiger charge is -2.20. The lowest BCUT2D eigenvalue weighted by Crippen LogP contribution is -2.31. The summed E-state index contributed by atoms with van der Waals surface area (Å²) in [5.41, 5.74) is 0.508. The molecule has 1 amide bonds. The van der Waals surface area contributed by atoms with Crippen LogP contribution in [0, 0.1) is 5.82 Å². The van der Waals surface area contributed by atoms with Crippen LogP contribution in [0.5, 0.6) is 0 Å². The highest BCUT2D eigenvalue weighted by Gasteiger charge is 2.24. The Kier molecular flexibility index (Phi) is 7.09. The van der Waals surface area contributed by atoms with Gasteiger partial charge in [0.2, 0.25) is 15.9 Å². The maximum Gasteiger partial charge on any atom is 0.243 e. The molecular weight excluding hydrogens is 399 g/mol. The van der Waals surface area contributed by atoms with Crippen molar-refractivity contribution in [3.05, 3.63) is 54.3 Å². The zero-order chi connectivity index (χ0) is 20.0. The third kappa shape index (κ3) is 5.33. The minimum absolute atomic E-state index is 0.0642. The van der Waals surface area contributed by atoms with Crippen LogP contribution in [0.25, 0.3) is 0 Å². The third-order valence-electron chi connectivity index (χ3n) is 4.54. The number of rotatable bonds is 6. The summed E-state index contributed by atoms with van der Waals surface area (Å²) in [7, 11) is -3.51. The molecule has 1 aliphatic rings. The van der Waals surface area contributed by atoms with E-state index in [9.17, 15) is 17.6 Å². The molecule has 2 aromatic rings. The molecule has 0 unspecified atom stereocenters. The zero-order valence-corrected chi connectivity index (χ0v) is 17.1. The monoisotopic (exact) mass is 422 g/mol. The van der Waals surface area contributed by atoms with Gasteiger partial charge in [0.25, 0.3) is 0 Å². The molecule has 0 aliphatic carbocycles. The molecular formula is C20H23FN2O3S2. The second-order valence-electron chi connectivity index (χ2n) is 6.61. The van der Waals surface area contributed by atoms with Gasteiger partial charge >= 0.3 is 0 Å². The van der Waals surface area contributed by atoms with Gasteiger partial charge in [0.15, 0.2) is 0 Å². The SMILES string of the molecule is O=C(CSc1ccccc1F)Nc1ccc(S(=O)(=O)N2CCCCCC2)cc1. The summed E-state index contributed by atoms with van der Waals surface area (Å²) in [6.07, 6.45) is 3.88. The quantitative estimate of drug-likeness (QED) is 0.711. The van der Waals surface area contributed by atoms with Crippen molar-refractivity contribution in [3.8, 4) is 0 Å². The van der Waals surface area contributed by atoms with Crippen LogP contribution in [0.2, 0.25) is 0 Å². The predicted molar refractivity (Wildman–Crippen MR) is 109 cm³/mol. The number of sulfonamides is 1. The first-order valence-corrected chi connectivity index (χ1v) is 11.7. The predicted octanol–water partition coefficient (Wildman–Crippen LogP) is 4.12. The van der Waals surface area contributed by atoms with Crippen LogP contribution in [0.4, 0.5) is 10.1 Å². The summed E-state index contributed by atoms with van der Waals surface area (Å²) >= 11 is 1.11. The van der Waals surface area contributed by atoms with Crippen molar-refractivity contribution in [1.82, 2.24) is 4.31 Å². The molecule has 0 saturated carbocycles. The number of amides is 1. The first-order chi connectivity index (χ1) is 13.5. The number of nitrogens with zero attached hydrogens (tertiary/aromatic N) is 1. The van der Waals surface area contributed by atoms with E-state index >= 15 is 0 Å². The van der Waals surface area contributed by atoms with E-state index in [0.717, 1.165) is 37.4 Å². The molecule has 0 bridgehead atoms. The number of thioether (sulfide) groups is 1. The number of carbonyl (C=O) groups excluding carboxylic acids is 1. The van der Waals surface area contributed by atoms with Crippen LogP contribution >= 0.6 is 11.8 Å². The van der Waals surface area contributed by atoms with Crippen LogP contribution in [0.3, 0.4) is 0 Å². The highest BCUT2D eigenvalue weighted by molar-refractivity contribution is 8.00. The molecule has 0 radical (unpaired) electrons. The van der Waals surface area contributed by atoms with E-state index in [1.807, 2.05) is 0 Å². The topological polar surface area (TPSA) is 66.5 Å². The molecule has 1 aliphatic heterocycles. The van der Waals surface area contributed by atoms with Crippen LogP contribution in [-0.4, -0.2) is 37.5 Å². The number of anilines is 1. The van der Waals surface area contributed by atoms with Gasteiger partial charge in [0.1, 0.15) is 5.82 Å². The Labute approximate surface area is 169 Å². The number of carbonyl (C=O) groups is 1. The molecule has 1 N–H and O–H groups in total. The largest absolute Gasteiger partial charge is 0.325 e. The van der Waals surface area contributed by atoms with E-state index in [0.29, 0.717) is 23.7 Å². The minimum atomic E-state index is -3.51. The summed E-state index contributed by atoms with van der Waals surface area (Å²) in [6, 6.07) is 12.5. The lowest BCUT2D eigenvalue weighted by atomic mass is 10.2. The molecule has 5 nitrogen and oxygen atoms in total. The van der Waals surface area contributed by atoms with Gasteiger partial charge in [-0.05, 0) is 49.2 Å². The zero-order valence-electron chi connectivity index (χ0n) is 15.4. The summed E-state index contributed by atoms with van der Waals surface area (Å²) in [4.78, 5) is 12.7. The van der Waals surface area contributed by atoms with Gasteiger partial charge in [0, 0.05) is 23.7 Å². The number of nitrogens with one attached hydrogen (secondary N) is 1. The fraction of sp³-hybridized carbons (Fsp3) is 0.350. The van der Waals surface area contributed by atoms with E-state index in [2.05, 4.69) is 5.32 Å². The number of hydrogen-bond acceptors (Lipinski definition) is 4. The first-order valence-electron chi connectivity index (χ1n) is 9.24. The smallest absolute Gasteiger partial charge is 0.243 e. The molecule has 1 fully saturated rings. The highest BCUT2D eigenvalue weighted by atomic mass is 32.2. The summed E-state index contributed by atoms with van der Waals surface area (Å²) in [5, 5.41) is 2.71. The van der Waals surface area contributed by atoms with Crippen molar-refractivity contribution in [3.63, 3.8) is 0 Å². The van der Waals surface area contributed by atoms with Gasteiger partial charge in [-0.3, -0.25) is 4.79 Å². The normalized spacial score (nSPS) is 15.8. The van der Waals surface area contributed by atoms with E-state index in [1.165, 1.54) is 18.2 Å². The fourth-order valence-electron chi connectivity index (χ4n) is 3.04. The van der Waals surface area contributed by atoms with Crippen LogP contribution in [-0.2, 0) is 14.8 Å². The Morgan fingerprint density at radius 2 is 1.64 bits per heavy atom. The van der Waals surface area contributed by atoms with Crippen molar-refractivity contribution in [1.29, 1.82) is 0 Å². The molecule has 1 saturated heterocycles. The second kappa shape index (κ2) is 9.54. The average Bonchev–Trinajstić information content (AvgIpc) is 2.98. The molecule has 28 heavy (non-hydrogen) atoms. The van der Waals surface area contributed by atoms with Gasteiger partial charge in [-0.1, -0.05) is 25.0 Å². The number of benzene rings is 2. The Hall–Kier alpha value is -1.90. The van der Waals surface area contributed by atoms with Gasteiger partial charge in [-0.15, -0.1) is 11.8 Å². The Morgan fingerprint density at radius 1 is 1.00 bits per heavy atom. The average molecular weight is 423 g/mol. The molecule has 0 atom stereocenters. The summed E-state index contributed by atoms with van der Waals surface area (Å²) in [5.74, 6) is -0.575. The fourth-order valence-corrected chi connectivity index (χ4v) is 5.30. The van der Waals surface area contributed by atoms with Crippen LogP contribution in [0.15, 0.2) is 58.3 Å². The molecule has 1 heterocycles. The van der Waals surface area contributed by atoms with Gasteiger partial charge < -0.3 is 5.32 Å². The third-order valence-corrected chi connectivity index (χ3v) is 7.50. The van der Waals surface area contributed by atoms with E-state index in [4.69, 9.17) is 0 Å². The number of halogens is 1. The van der Waals surface area contributed by atoms with Crippen LogP contribution < -0.4 is 5.32 Å².